The molecular formula is C26H28O17. The monoisotopic (exact) mass is 612 g/mol. The zero-order valence-corrected chi connectivity index (χ0v) is 21.8. The Kier molecular flexibility index (Phi) is 8.27. The van der Waals surface area contributed by atoms with Crippen LogP contribution < -0.4 is 14.9 Å². The van der Waals surface area contributed by atoms with Crippen LogP contribution in [-0.4, -0.2) is 125 Å². The van der Waals surface area contributed by atoms with Crippen LogP contribution in [-0.2, 0) is 9.47 Å². The highest BCUT2D eigenvalue weighted by Gasteiger charge is 2.46. The van der Waals surface area contributed by atoms with Gasteiger partial charge in [0.05, 0.1) is 13.2 Å². The maximum atomic E-state index is 13.3. The number of phenolic OH excluding ortho intramolecular Hbond substituents is 4. The molecule has 0 saturated carbocycles. The quantitative estimate of drug-likeness (QED) is 0.126. The smallest absolute Gasteiger partial charge is 0.229 e. The van der Waals surface area contributed by atoms with Gasteiger partial charge in [-0.1, -0.05) is 0 Å². The van der Waals surface area contributed by atoms with Crippen molar-refractivity contribution in [1.82, 2.24) is 0 Å². The number of ether oxygens (including phenoxy) is 4. The average molecular weight is 612 g/mol. The molecule has 5 rings (SSSR count). The lowest BCUT2D eigenvalue weighted by Gasteiger charge is -2.39. The molecule has 2 aliphatic heterocycles. The van der Waals surface area contributed by atoms with E-state index in [1.165, 1.54) is 6.07 Å². The van der Waals surface area contributed by atoms with Gasteiger partial charge in [0, 0.05) is 11.6 Å². The predicted molar refractivity (Wildman–Crippen MR) is 137 cm³/mol. The highest BCUT2D eigenvalue weighted by atomic mass is 16.7. The van der Waals surface area contributed by atoms with E-state index in [0.717, 1.165) is 18.2 Å². The average Bonchev–Trinajstić information content (AvgIpc) is 2.98. The van der Waals surface area contributed by atoms with Crippen LogP contribution in [0.2, 0.25) is 0 Å². The highest BCUT2D eigenvalue weighted by Crippen LogP contribution is 2.51. The molecule has 0 unspecified atom stereocenters. The van der Waals surface area contributed by atoms with Gasteiger partial charge in [-0.2, -0.15) is 0 Å². The summed E-state index contributed by atoms with van der Waals surface area (Å²) in [6.45, 7) is -1.37. The Bertz CT molecular complexity index is 1550. The number of fused-ring (bicyclic) bond motifs is 1. The second-order valence-electron chi connectivity index (χ2n) is 9.92. The fourth-order valence-corrected chi connectivity index (χ4v) is 4.63. The van der Waals surface area contributed by atoms with E-state index in [2.05, 4.69) is 0 Å². The first-order valence-electron chi connectivity index (χ1n) is 12.7. The number of aromatic hydroxyl groups is 4. The van der Waals surface area contributed by atoms with Crippen molar-refractivity contribution in [2.75, 3.05) is 13.2 Å². The summed E-state index contributed by atoms with van der Waals surface area (Å²) in [6, 6.07) is 4.26. The Morgan fingerprint density at radius 2 is 1.44 bits per heavy atom. The molecule has 0 amide bonds. The summed E-state index contributed by atoms with van der Waals surface area (Å²) >= 11 is 0. The van der Waals surface area contributed by atoms with Crippen LogP contribution in [0.25, 0.3) is 22.3 Å². The van der Waals surface area contributed by atoms with Crippen LogP contribution in [0, 0.1) is 0 Å². The van der Waals surface area contributed by atoms with E-state index in [9.17, 15) is 61.0 Å². The van der Waals surface area contributed by atoms with E-state index in [1.54, 1.807) is 0 Å². The molecule has 3 aromatic rings. The van der Waals surface area contributed by atoms with Gasteiger partial charge < -0.3 is 79.5 Å². The topological polar surface area (TPSA) is 290 Å². The zero-order valence-electron chi connectivity index (χ0n) is 21.8. The van der Waals surface area contributed by atoms with Crippen molar-refractivity contribution in [3.8, 4) is 45.8 Å². The summed E-state index contributed by atoms with van der Waals surface area (Å²) in [5.74, 6) is -5.32. The normalized spacial score (nSPS) is 31.2. The third-order valence-electron chi connectivity index (χ3n) is 7.07. The highest BCUT2D eigenvalue weighted by molar-refractivity contribution is 5.95. The first-order valence-corrected chi connectivity index (χ1v) is 12.7. The molecule has 2 saturated heterocycles. The van der Waals surface area contributed by atoms with Crippen molar-refractivity contribution in [3.63, 3.8) is 0 Å². The lowest BCUT2D eigenvalue weighted by atomic mass is 9.99. The molecule has 0 radical (unpaired) electrons. The minimum absolute atomic E-state index is 0.0404. The third-order valence-corrected chi connectivity index (χ3v) is 7.07. The van der Waals surface area contributed by atoms with E-state index < -0.39 is 119 Å². The number of aliphatic hydroxyl groups excluding tert-OH is 7. The number of benzene rings is 2. The van der Waals surface area contributed by atoms with Crippen LogP contribution in [0.15, 0.2) is 33.5 Å². The SMILES string of the molecule is O=c1cc(-c2ccc(O)c(O)c2)oc2c(O[C@@H]3O[C@H](CO)[C@@H](O)[C@H](O)[C@H]3O)c(O)c(O[C@@H]3OC[C@H](O)[C@H](O)[C@H]3O)c(O)c12. The first kappa shape index (κ1) is 30.5. The van der Waals surface area contributed by atoms with E-state index in [0.29, 0.717) is 0 Å². The summed E-state index contributed by atoms with van der Waals surface area (Å²) in [7, 11) is 0. The van der Waals surface area contributed by atoms with Crippen molar-refractivity contribution < 1.29 is 79.5 Å². The Morgan fingerprint density at radius 1 is 0.767 bits per heavy atom. The second kappa shape index (κ2) is 11.6. The van der Waals surface area contributed by atoms with Crippen molar-refractivity contribution in [2.45, 2.75) is 55.3 Å². The van der Waals surface area contributed by atoms with E-state index in [4.69, 9.17) is 23.4 Å². The van der Waals surface area contributed by atoms with Gasteiger partial charge in [0.2, 0.25) is 29.8 Å². The van der Waals surface area contributed by atoms with Crippen molar-refractivity contribution in [3.05, 3.63) is 34.5 Å². The van der Waals surface area contributed by atoms with Gasteiger partial charge in [0.25, 0.3) is 0 Å². The molecule has 2 aliphatic rings. The number of hydrogen-bond acceptors (Lipinski definition) is 17. The fourth-order valence-electron chi connectivity index (χ4n) is 4.63. The summed E-state index contributed by atoms with van der Waals surface area (Å²) in [4.78, 5) is 13.3. The standard InChI is InChI=1S/C26H28O17/c27-5-13-16(33)18(35)20(37)26(41-13)43-24-21(38)23(42-25-19(36)15(32)11(31)6-39-25)17(34)14-10(30)4-12(40-22(14)24)7-1-2-8(28)9(29)3-7/h1-4,11,13,15-16,18-20,25-29,31-38H,5-6H2/t11-,13+,15-,16+,18-,19+,20+,25-,26-/m0/s1. The van der Waals surface area contributed by atoms with Gasteiger partial charge in [-0.25, -0.2) is 0 Å². The Labute approximate surface area is 239 Å². The molecule has 1 aromatic heterocycles. The van der Waals surface area contributed by atoms with Gasteiger partial charge in [-0.05, 0) is 18.2 Å². The molecule has 17 heteroatoms. The zero-order chi connectivity index (χ0) is 31.3. The molecule has 234 valence electrons. The Balaban J connectivity index is 1.68. The lowest BCUT2D eigenvalue weighted by Crippen LogP contribution is -2.60. The third kappa shape index (κ3) is 5.37. The number of aliphatic hydroxyl groups is 7. The van der Waals surface area contributed by atoms with Crippen LogP contribution in [0.1, 0.15) is 0 Å². The van der Waals surface area contributed by atoms with Crippen molar-refractivity contribution >= 4 is 11.0 Å². The molecule has 0 aliphatic carbocycles. The molecule has 43 heavy (non-hydrogen) atoms. The summed E-state index contributed by atoms with van der Waals surface area (Å²) in [5, 5.41) is 111. The van der Waals surface area contributed by atoms with E-state index in [-0.39, 0.29) is 11.3 Å². The first-order chi connectivity index (χ1) is 20.3. The molecule has 11 N–H and O–H groups in total. The fraction of sp³-hybridized carbons (Fsp3) is 0.423. The van der Waals surface area contributed by atoms with Gasteiger partial charge in [-0.15, -0.1) is 0 Å². The number of phenols is 4. The van der Waals surface area contributed by atoms with E-state index in [1.807, 2.05) is 0 Å². The maximum Gasteiger partial charge on any atom is 0.229 e. The Morgan fingerprint density at radius 3 is 2.12 bits per heavy atom. The van der Waals surface area contributed by atoms with Gasteiger partial charge >= 0.3 is 0 Å². The van der Waals surface area contributed by atoms with Crippen LogP contribution in [0.4, 0.5) is 0 Å². The second-order valence-corrected chi connectivity index (χ2v) is 9.92. The molecule has 3 heterocycles. The summed E-state index contributed by atoms with van der Waals surface area (Å²) in [5.41, 5.74) is -1.63. The molecular weight excluding hydrogens is 584 g/mol. The molecule has 2 aromatic carbocycles. The van der Waals surface area contributed by atoms with Gasteiger partial charge in [0.1, 0.15) is 53.9 Å². The van der Waals surface area contributed by atoms with E-state index >= 15 is 0 Å². The summed E-state index contributed by atoms with van der Waals surface area (Å²) in [6.07, 6.45) is -16.1. The van der Waals surface area contributed by atoms with Gasteiger partial charge in [-0.3, -0.25) is 4.79 Å². The van der Waals surface area contributed by atoms with Crippen LogP contribution >= 0.6 is 0 Å². The van der Waals surface area contributed by atoms with Gasteiger partial charge in [0.15, 0.2) is 28.3 Å². The van der Waals surface area contributed by atoms with Crippen molar-refractivity contribution in [2.24, 2.45) is 0 Å². The molecule has 17 nitrogen and oxygen atoms in total. The number of rotatable bonds is 6. The summed E-state index contributed by atoms with van der Waals surface area (Å²) < 4.78 is 27.2. The molecule has 2 fully saturated rings. The largest absolute Gasteiger partial charge is 0.504 e. The molecule has 0 bridgehead atoms. The minimum atomic E-state index is -2.01. The van der Waals surface area contributed by atoms with Crippen LogP contribution in [0.5, 0.6) is 34.5 Å². The predicted octanol–water partition coefficient (Wildman–Crippen LogP) is -2.72. The Hall–Kier alpha value is -3.91. The molecule has 0 spiro atoms. The number of hydrogen-bond donors (Lipinski definition) is 11. The van der Waals surface area contributed by atoms with Crippen molar-refractivity contribution in [1.29, 1.82) is 0 Å². The minimum Gasteiger partial charge on any atom is -0.504 e. The molecule has 9 atom stereocenters. The maximum absolute atomic E-state index is 13.3. The lowest BCUT2D eigenvalue weighted by molar-refractivity contribution is -0.277. The van der Waals surface area contributed by atoms with Crippen LogP contribution in [0.3, 0.4) is 0 Å².